The van der Waals surface area contributed by atoms with E-state index in [1.807, 2.05) is 12.1 Å². The molecule has 0 bridgehead atoms. The minimum absolute atomic E-state index is 0.518. The molecule has 0 spiro atoms. The Balaban J connectivity index is 2.48. The zero-order valence-electron chi connectivity index (χ0n) is 13.5. The number of rotatable bonds is 9. The smallest absolute Gasteiger partial charge is 0.165 e. The van der Waals surface area contributed by atoms with E-state index in [1.165, 1.54) is 19.3 Å². The van der Waals surface area contributed by atoms with Gasteiger partial charge in [0.1, 0.15) is 0 Å². The van der Waals surface area contributed by atoms with Crippen molar-refractivity contribution in [3.63, 3.8) is 0 Å². The summed E-state index contributed by atoms with van der Waals surface area (Å²) in [5.74, 6) is 2.41. The van der Waals surface area contributed by atoms with E-state index in [-0.39, 0.29) is 0 Å². The van der Waals surface area contributed by atoms with Gasteiger partial charge in [-0.1, -0.05) is 38.8 Å². The van der Waals surface area contributed by atoms with E-state index in [0.29, 0.717) is 6.04 Å². The van der Waals surface area contributed by atoms with Crippen molar-refractivity contribution in [3.8, 4) is 11.5 Å². The van der Waals surface area contributed by atoms with Crippen LogP contribution in [-0.4, -0.2) is 20.3 Å². The van der Waals surface area contributed by atoms with Gasteiger partial charge in [0.25, 0.3) is 0 Å². The average Bonchev–Trinajstić information content (AvgIpc) is 2.44. The number of nitrogens with one attached hydrogen (secondary N) is 1. The van der Waals surface area contributed by atoms with Crippen LogP contribution in [0.4, 0.5) is 0 Å². The first-order valence-corrected chi connectivity index (χ1v) is 7.51. The molecule has 1 unspecified atom stereocenters. The first-order valence-electron chi connectivity index (χ1n) is 7.51. The summed E-state index contributed by atoms with van der Waals surface area (Å²) in [5, 5.41) is 3.56. The lowest BCUT2D eigenvalue weighted by Crippen LogP contribution is -2.25. The molecule has 0 aliphatic heterocycles. The Hall–Kier alpha value is -1.22. The van der Waals surface area contributed by atoms with Gasteiger partial charge < -0.3 is 14.8 Å². The third-order valence-electron chi connectivity index (χ3n) is 3.54. The SMILES string of the molecule is COc1cccc(CNC(C)CCCC(C)C)c1OC. The fourth-order valence-corrected chi connectivity index (χ4v) is 2.31. The van der Waals surface area contributed by atoms with Crippen LogP contribution in [0.15, 0.2) is 18.2 Å². The van der Waals surface area contributed by atoms with E-state index in [2.05, 4.69) is 32.2 Å². The van der Waals surface area contributed by atoms with Gasteiger partial charge in [0.2, 0.25) is 0 Å². The largest absolute Gasteiger partial charge is 0.493 e. The van der Waals surface area contributed by atoms with E-state index in [0.717, 1.165) is 29.5 Å². The molecule has 20 heavy (non-hydrogen) atoms. The van der Waals surface area contributed by atoms with Gasteiger partial charge in [-0.15, -0.1) is 0 Å². The molecule has 0 heterocycles. The highest BCUT2D eigenvalue weighted by molar-refractivity contribution is 5.46. The number of benzene rings is 1. The lowest BCUT2D eigenvalue weighted by molar-refractivity contribution is 0.349. The van der Waals surface area contributed by atoms with E-state index in [1.54, 1.807) is 14.2 Å². The molecule has 1 atom stereocenters. The minimum atomic E-state index is 0.518. The van der Waals surface area contributed by atoms with Crippen molar-refractivity contribution in [1.82, 2.24) is 5.32 Å². The van der Waals surface area contributed by atoms with Crippen molar-refractivity contribution in [3.05, 3.63) is 23.8 Å². The topological polar surface area (TPSA) is 30.5 Å². The molecule has 0 amide bonds. The minimum Gasteiger partial charge on any atom is -0.493 e. The van der Waals surface area contributed by atoms with E-state index in [9.17, 15) is 0 Å². The molecule has 0 saturated carbocycles. The lowest BCUT2D eigenvalue weighted by atomic mass is 10.0. The van der Waals surface area contributed by atoms with Gasteiger partial charge in [-0.2, -0.15) is 0 Å². The Bertz CT molecular complexity index is 391. The van der Waals surface area contributed by atoms with Crippen molar-refractivity contribution < 1.29 is 9.47 Å². The summed E-state index contributed by atoms with van der Waals surface area (Å²) in [6.07, 6.45) is 3.79. The van der Waals surface area contributed by atoms with Gasteiger partial charge >= 0.3 is 0 Å². The zero-order valence-corrected chi connectivity index (χ0v) is 13.5. The first kappa shape index (κ1) is 16.8. The second kappa shape index (κ2) is 8.85. The van der Waals surface area contributed by atoms with E-state index in [4.69, 9.17) is 9.47 Å². The van der Waals surface area contributed by atoms with Gasteiger partial charge in [0, 0.05) is 18.2 Å². The highest BCUT2D eigenvalue weighted by atomic mass is 16.5. The Labute approximate surface area is 123 Å². The second-order valence-electron chi connectivity index (χ2n) is 5.76. The van der Waals surface area contributed by atoms with E-state index < -0.39 is 0 Å². The molecule has 114 valence electrons. The van der Waals surface area contributed by atoms with Crippen LogP contribution < -0.4 is 14.8 Å². The average molecular weight is 279 g/mol. The molecule has 1 rings (SSSR count). The van der Waals surface area contributed by atoms with Crippen molar-refractivity contribution in [1.29, 1.82) is 0 Å². The molecule has 3 heteroatoms. The van der Waals surface area contributed by atoms with Crippen LogP contribution in [0, 0.1) is 5.92 Å². The Morgan fingerprint density at radius 2 is 1.80 bits per heavy atom. The van der Waals surface area contributed by atoms with Gasteiger partial charge in [0.05, 0.1) is 14.2 Å². The van der Waals surface area contributed by atoms with Gasteiger partial charge in [-0.25, -0.2) is 0 Å². The fourth-order valence-electron chi connectivity index (χ4n) is 2.31. The van der Waals surface area contributed by atoms with E-state index >= 15 is 0 Å². The van der Waals surface area contributed by atoms with Crippen LogP contribution in [0.5, 0.6) is 11.5 Å². The molecule has 0 aromatic heterocycles. The van der Waals surface area contributed by atoms with Crippen LogP contribution in [-0.2, 0) is 6.54 Å². The molecular formula is C17H29NO2. The molecule has 1 aromatic carbocycles. The van der Waals surface area contributed by atoms with Crippen LogP contribution in [0.2, 0.25) is 0 Å². The maximum absolute atomic E-state index is 5.45. The summed E-state index contributed by atoms with van der Waals surface area (Å²) < 4.78 is 10.8. The van der Waals surface area contributed by atoms with Crippen LogP contribution >= 0.6 is 0 Å². The summed E-state index contributed by atoms with van der Waals surface area (Å²) in [6, 6.07) is 6.52. The van der Waals surface area contributed by atoms with Crippen molar-refractivity contribution in [2.45, 2.75) is 52.6 Å². The maximum Gasteiger partial charge on any atom is 0.165 e. The fraction of sp³-hybridized carbons (Fsp3) is 0.647. The normalized spacial score (nSPS) is 12.5. The standard InChI is InChI=1S/C17H29NO2/c1-13(2)8-6-9-14(3)18-12-15-10-7-11-16(19-4)17(15)20-5/h7,10-11,13-14,18H,6,8-9,12H2,1-5H3. The molecular weight excluding hydrogens is 250 g/mol. The number of para-hydroxylation sites is 1. The van der Waals surface area contributed by atoms with Crippen LogP contribution in [0.3, 0.4) is 0 Å². The third kappa shape index (κ3) is 5.41. The molecule has 0 saturated heterocycles. The lowest BCUT2D eigenvalue weighted by Gasteiger charge is -2.17. The highest BCUT2D eigenvalue weighted by Gasteiger charge is 2.10. The van der Waals surface area contributed by atoms with Crippen LogP contribution in [0.25, 0.3) is 0 Å². The zero-order chi connectivity index (χ0) is 15.0. The molecule has 0 radical (unpaired) electrons. The number of methoxy groups -OCH3 is 2. The Morgan fingerprint density at radius 1 is 1.05 bits per heavy atom. The van der Waals surface area contributed by atoms with Crippen molar-refractivity contribution in [2.75, 3.05) is 14.2 Å². The van der Waals surface area contributed by atoms with Gasteiger partial charge in [-0.3, -0.25) is 0 Å². The summed E-state index contributed by atoms with van der Waals surface area (Å²) in [6.45, 7) is 7.61. The van der Waals surface area contributed by atoms with Crippen LogP contribution in [0.1, 0.15) is 45.6 Å². The summed E-state index contributed by atoms with van der Waals surface area (Å²) >= 11 is 0. The molecule has 0 aliphatic carbocycles. The summed E-state index contributed by atoms with van der Waals surface area (Å²) in [5.41, 5.74) is 1.14. The summed E-state index contributed by atoms with van der Waals surface area (Å²) in [4.78, 5) is 0. The quantitative estimate of drug-likeness (QED) is 0.741. The number of ether oxygens (including phenoxy) is 2. The molecule has 0 fully saturated rings. The van der Waals surface area contributed by atoms with Gasteiger partial charge in [-0.05, 0) is 25.3 Å². The highest BCUT2D eigenvalue weighted by Crippen LogP contribution is 2.30. The molecule has 1 N–H and O–H groups in total. The maximum atomic E-state index is 5.45. The van der Waals surface area contributed by atoms with Crippen molar-refractivity contribution >= 4 is 0 Å². The second-order valence-corrected chi connectivity index (χ2v) is 5.76. The predicted octanol–water partition coefficient (Wildman–Crippen LogP) is 4.01. The number of hydrogen-bond donors (Lipinski definition) is 1. The number of hydrogen-bond acceptors (Lipinski definition) is 3. The monoisotopic (exact) mass is 279 g/mol. The first-order chi connectivity index (χ1) is 9.58. The van der Waals surface area contributed by atoms with Gasteiger partial charge in [0.15, 0.2) is 11.5 Å². The molecule has 1 aromatic rings. The molecule has 0 aliphatic rings. The molecule has 3 nitrogen and oxygen atoms in total. The van der Waals surface area contributed by atoms with Crippen molar-refractivity contribution in [2.24, 2.45) is 5.92 Å². The third-order valence-corrected chi connectivity index (χ3v) is 3.54. The Morgan fingerprint density at radius 3 is 2.40 bits per heavy atom. The predicted molar refractivity (Wildman–Crippen MR) is 84.5 cm³/mol. The summed E-state index contributed by atoms with van der Waals surface area (Å²) in [7, 11) is 3.36. The Kier molecular flexibility index (Phi) is 7.45.